The zero-order valence-corrected chi connectivity index (χ0v) is 12.0. The fraction of sp³-hybridized carbons (Fsp3) is 0.133. The van der Waals surface area contributed by atoms with E-state index in [2.05, 4.69) is 15.0 Å². The van der Waals surface area contributed by atoms with Crippen molar-refractivity contribution in [1.29, 1.82) is 0 Å². The number of H-pyrrole nitrogens is 1. The average Bonchev–Trinajstić information content (AvgIpc) is 2.55. The minimum Gasteiger partial charge on any atom is -0.493 e. The summed E-state index contributed by atoms with van der Waals surface area (Å²) in [4.78, 5) is 22.7. The first-order valence-corrected chi connectivity index (χ1v) is 6.45. The van der Waals surface area contributed by atoms with Crippen molar-refractivity contribution < 1.29 is 14.2 Å². The Kier molecular flexibility index (Phi) is 3.61. The normalized spacial score (nSPS) is 10.5. The Bertz CT molecular complexity index is 876. The Morgan fingerprint density at radius 2 is 1.91 bits per heavy atom. The number of pyridine rings is 1. The maximum Gasteiger partial charge on any atom is 0.302 e. The molecule has 0 aliphatic rings. The van der Waals surface area contributed by atoms with E-state index >= 15 is 0 Å². The molecule has 22 heavy (non-hydrogen) atoms. The van der Waals surface area contributed by atoms with Crippen LogP contribution in [0, 0.1) is 0 Å². The third-order valence-electron chi connectivity index (χ3n) is 3.06. The quantitative estimate of drug-likeness (QED) is 0.794. The lowest BCUT2D eigenvalue weighted by atomic mass is 10.3. The topological polar surface area (TPSA) is 86.3 Å². The van der Waals surface area contributed by atoms with Crippen molar-refractivity contribution in [3.8, 4) is 23.3 Å². The van der Waals surface area contributed by atoms with Crippen LogP contribution in [0.2, 0.25) is 0 Å². The van der Waals surface area contributed by atoms with Gasteiger partial charge in [-0.15, -0.1) is 0 Å². The van der Waals surface area contributed by atoms with Gasteiger partial charge < -0.3 is 14.2 Å². The van der Waals surface area contributed by atoms with Gasteiger partial charge in [0, 0.05) is 12.3 Å². The Hall–Kier alpha value is -3.09. The van der Waals surface area contributed by atoms with Gasteiger partial charge in [0.15, 0.2) is 11.5 Å². The van der Waals surface area contributed by atoms with Crippen LogP contribution in [-0.4, -0.2) is 29.2 Å². The molecule has 0 unspecified atom stereocenters. The zero-order chi connectivity index (χ0) is 15.5. The first-order valence-electron chi connectivity index (χ1n) is 6.45. The summed E-state index contributed by atoms with van der Waals surface area (Å²) in [5, 5.41) is 0.453. The maximum atomic E-state index is 12.0. The molecule has 0 amide bonds. The Morgan fingerprint density at radius 3 is 2.68 bits per heavy atom. The third-order valence-corrected chi connectivity index (χ3v) is 3.06. The van der Waals surface area contributed by atoms with Gasteiger partial charge in [0.25, 0.3) is 5.56 Å². The van der Waals surface area contributed by atoms with Crippen LogP contribution in [0.3, 0.4) is 0 Å². The maximum absolute atomic E-state index is 12.0. The first-order chi connectivity index (χ1) is 10.7. The molecule has 112 valence electrons. The molecule has 2 aromatic heterocycles. The number of fused-ring (bicyclic) bond motifs is 1. The lowest BCUT2D eigenvalue weighted by Crippen LogP contribution is -2.09. The number of ether oxygens (including phenoxy) is 3. The molecule has 1 aromatic carbocycles. The summed E-state index contributed by atoms with van der Waals surface area (Å²) in [6, 6.07) is 6.72. The number of aromatic amines is 1. The molecule has 7 heteroatoms. The molecule has 3 rings (SSSR count). The number of nitrogens with one attached hydrogen (secondary N) is 1. The van der Waals surface area contributed by atoms with Crippen molar-refractivity contribution >= 4 is 10.9 Å². The molecule has 7 nitrogen and oxygen atoms in total. The van der Waals surface area contributed by atoms with E-state index in [1.807, 2.05) is 0 Å². The van der Waals surface area contributed by atoms with Gasteiger partial charge >= 0.3 is 6.01 Å². The molecule has 0 saturated carbocycles. The van der Waals surface area contributed by atoms with Crippen molar-refractivity contribution in [1.82, 2.24) is 15.0 Å². The standard InChI is InChI=1S/C15H13N3O4/c1-20-12-4-3-9(7-13(12)21-2)22-15-17-11-8-16-6-5-10(11)14(19)18-15/h3-8H,1-2H3,(H,17,18,19). The Balaban J connectivity index is 1.98. The number of nitrogens with zero attached hydrogens (tertiary/aromatic N) is 2. The number of rotatable bonds is 4. The van der Waals surface area contributed by atoms with Crippen molar-refractivity contribution in [2.45, 2.75) is 0 Å². The second kappa shape index (κ2) is 5.72. The summed E-state index contributed by atoms with van der Waals surface area (Å²) in [5.74, 6) is 1.56. The first kappa shape index (κ1) is 13.9. The van der Waals surface area contributed by atoms with Gasteiger partial charge in [-0.2, -0.15) is 4.98 Å². The van der Waals surface area contributed by atoms with Crippen LogP contribution < -0.4 is 19.8 Å². The van der Waals surface area contributed by atoms with Gasteiger partial charge in [0.2, 0.25) is 0 Å². The number of aromatic nitrogens is 3. The second-order valence-corrected chi connectivity index (χ2v) is 4.38. The number of methoxy groups -OCH3 is 2. The molecule has 1 N–H and O–H groups in total. The summed E-state index contributed by atoms with van der Waals surface area (Å²) in [6.07, 6.45) is 3.04. The van der Waals surface area contributed by atoms with Gasteiger partial charge in [-0.1, -0.05) is 0 Å². The molecule has 0 atom stereocenters. The highest BCUT2D eigenvalue weighted by molar-refractivity contribution is 5.76. The average molecular weight is 299 g/mol. The molecule has 2 heterocycles. The summed E-state index contributed by atoms with van der Waals surface area (Å²) in [7, 11) is 3.08. The number of benzene rings is 1. The highest BCUT2D eigenvalue weighted by Crippen LogP contribution is 2.32. The van der Waals surface area contributed by atoms with Crippen molar-refractivity contribution in [2.75, 3.05) is 14.2 Å². The van der Waals surface area contributed by atoms with E-state index < -0.39 is 0 Å². The van der Waals surface area contributed by atoms with Crippen LogP contribution in [0.1, 0.15) is 0 Å². The molecule has 0 aliphatic carbocycles. The second-order valence-electron chi connectivity index (χ2n) is 4.38. The SMILES string of the molecule is COc1ccc(Oc2nc3cnccc3c(=O)[nH]2)cc1OC. The van der Waals surface area contributed by atoms with E-state index in [4.69, 9.17) is 14.2 Å². The van der Waals surface area contributed by atoms with Gasteiger partial charge in [0.1, 0.15) is 5.75 Å². The van der Waals surface area contributed by atoms with E-state index in [0.717, 1.165) is 0 Å². The minimum absolute atomic E-state index is 0.0812. The third kappa shape index (κ3) is 2.56. The van der Waals surface area contributed by atoms with Crippen molar-refractivity contribution in [2.24, 2.45) is 0 Å². The van der Waals surface area contributed by atoms with Crippen molar-refractivity contribution in [3.63, 3.8) is 0 Å². The van der Waals surface area contributed by atoms with E-state index in [1.54, 1.807) is 31.4 Å². The molecule has 0 saturated heterocycles. The van der Waals surface area contributed by atoms with Gasteiger partial charge in [-0.25, -0.2) is 0 Å². The monoisotopic (exact) mass is 299 g/mol. The van der Waals surface area contributed by atoms with E-state index in [1.165, 1.54) is 19.5 Å². The van der Waals surface area contributed by atoms with Crippen LogP contribution in [0.15, 0.2) is 41.5 Å². The van der Waals surface area contributed by atoms with Crippen LogP contribution in [-0.2, 0) is 0 Å². The van der Waals surface area contributed by atoms with Crippen LogP contribution in [0.5, 0.6) is 23.3 Å². The predicted molar refractivity (Wildman–Crippen MR) is 79.8 cm³/mol. The largest absolute Gasteiger partial charge is 0.493 e. The minimum atomic E-state index is -0.289. The fourth-order valence-electron chi connectivity index (χ4n) is 2.01. The summed E-state index contributed by atoms with van der Waals surface area (Å²) in [5.41, 5.74) is 0.171. The fourth-order valence-corrected chi connectivity index (χ4v) is 2.01. The Morgan fingerprint density at radius 1 is 1.09 bits per heavy atom. The number of hydrogen-bond donors (Lipinski definition) is 1. The molecule has 0 radical (unpaired) electrons. The molecular weight excluding hydrogens is 286 g/mol. The lowest BCUT2D eigenvalue weighted by molar-refractivity contribution is 0.351. The molecule has 0 aliphatic heterocycles. The smallest absolute Gasteiger partial charge is 0.302 e. The molecule has 0 fully saturated rings. The number of hydrogen-bond acceptors (Lipinski definition) is 6. The van der Waals surface area contributed by atoms with E-state index in [0.29, 0.717) is 28.2 Å². The molecule has 0 spiro atoms. The predicted octanol–water partition coefficient (Wildman–Crippen LogP) is 2.13. The van der Waals surface area contributed by atoms with Gasteiger partial charge in [0.05, 0.1) is 31.3 Å². The highest BCUT2D eigenvalue weighted by Gasteiger charge is 2.09. The zero-order valence-electron chi connectivity index (χ0n) is 12.0. The lowest BCUT2D eigenvalue weighted by Gasteiger charge is -2.10. The van der Waals surface area contributed by atoms with Gasteiger partial charge in [-0.3, -0.25) is 14.8 Å². The Labute approximate surface area is 125 Å². The van der Waals surface area contributed by atoms with Crippen LogP contribution in [0.25, 0.3) is 10.9 Å². The molecule has 3 aromatic rings. The summed E-state index contributed by atoms with van der Waals surface area (Å²) >= 11 is 0. The summed E-state index contributed by atoms with van der Waals surface area (Å²) < 4.78 is 15.9. The van der Waals surface area contributed by atoms with Crippen LogP contribution in [0.4, 0.5) is 0 Å². The summed E-state index contributed by atoms with van der Waals surface area (Å²) in [6.45, 7) is 0. The van der Waals surface area contributed by atoms with E-state index in [-0.39, 0.29) is 11.6 Å². The molecular formula is C15H13N3O4. The van der Waals surface area contributed by atoms with Crippen molar-refractivity contribution in [3.05, 3.63) is 47.0 Å². The molecule has 0 bridgehead atoms. The van der Waals surface area contributed by atoms with Gasteiger partial charge in [-0.05, 0) is 18.2 Å². The van der Waals surface area contributed by atoms with E-state index in [9.17, 15) is 4.79 Å². The highest BCUT2D eigenvalue weighted by atomic mass is 16.5. The van der Waals surface area contributed by atoms with Crippen LogP contribution >= 0.6 is 0 Å².